The number of benzene rings is 1. The van der Waals surface area contributed by atoms with Crippen LogP contribution in [0.1, 0.15) is 45.7 Å². The second-order valence-electron chi connectivity index (χ2n) is 6.70. The molecule has 1 aromatic rings. The molecular weight excluding hydrogens is 268 g/mol. The van der Waals surface area contributed by atoms with Crippen LogP contribution in [0.3, 0.4) is 0 Å². The molecule has 1 rings (SSSR count). The van der Waals surface area contributed by atoms with E-state index in [1.165, 1.54) is 5.56 Å². The highest BCUT2D eigenvalue weighted by molar-refractivity contribution is 6.30. The van der Waals surface area contributed by atoms with Crippen molar-refractivity contribution in [1.29, 1.82) is 0 Å². The Kier molecular flexibility index (Phi) is 6.50. The van der Waals surface area contributed by atoms with Crippen LogP contribution in [0.25, 0.3) is 0 Å². The summed E-state index contributed by atoms with van der Waals surface area (Å²) in [4.78, 5) is 2.44. The summed E-state index contributed by atoms with van der Waals surface area (Å²) < 4.78 is 0. The van der Waals surface area contributed by atoms with E-state index in [-0.39, 0.29) is 0 Å². The second kappa shape index (κ2) is 7.44. The molecule has 2 nitrogen and oxygen atoms in total. The lowest BCUT2D eigenvalue weighted by Gasteiger charge is -2.36. The van der Waals surface area contributed by atoms with E-state index in [0.29, 0.717) is 17.5 Å². The predicted octanol–water partition coefficient (Wildman–Crippen LogP) is 4.36. The van der Waals surface area contributed by atoms with E-state index in [1.54, 1.807) is 0 Å². The number of hydrogen-bond donors (Lipinski definition) is 1. The maximum absolute atomic E-state index is 5.95. The quantitative estimate of drug-likeness (QED) is 0.839. The molecule has 3 heteroatoms. The molecule has 0 aromatic heterocycles. The Bertz CT molecular complexity index is 394. The van der Waals surface area contributed by atoms with Crippen molar-refractivity contribution in [2.75, 3.05) is 20.6 Å². The van der Waals surface area contributed by atoms with E-state index >= 15 is 0 Å². The third kappa shape index (κ3) is 5.08. The highest BCUT2D eigenvalue weighted by atomic mass is 35.5. The van der Waals surface area contributed by atoms with Crippen LogP contribution in [-0.4, -0.2) is 31.6 Å². The molecule has 114 valence electrons. The van der Waals surface area contributed by atoms with Crippen molar-refractivity contribution in [3.05, 3.63) is 34.9 Å². The lowest BCUT2D eigenvalue weighted by molar-refractivity contribution is 0.136. The Morgan fingerprint density at radius 2 is 1.75 bits per heavy atom. The zero-order chi connectivity index (χ0) is 15.3. The molecule has 1 N–H and O–H groups in total. The van der Waals surface area contributed by atoms with E-state index in [2.05, 4.69) is 57.1 Å². The molecule has 0 heterocycles. The first-order valence-electron chi connectivity index (χ1n) is 7.38. The molecule has 0 aliphatic carbocycles. The number of nitrogens with zero attached hydrogens (tertiary/aromatic N) is 1. The molecule has 2 atom stereocenters. The molecule has 0 bridgehead atoms. The van der Waals surface area contributed by atoms with Crippen LogP contribution in [0.2, 0.25) is 5.02 Å². The molecule has 20 heavy (non-hydrogen) atoms. The van der Waals surface area contributed by atoms with Crippen molar-refractivity contribution >= 4 is 11.6 Å². The van der Waals surface area contributed by atoms with E-state index in [4.69, 9.17) is 11.6 Å². The van der Waals surface area contributed by atoms with Gasteiger partial charge in [0.2, 0.25) is 0 Å². The standard InChI is InChI=1S/C17H29ClN2/c1-13(17(2,3)4)20(6)12-11-16(19-5)14-7-9-15(18)10-8-14/h7-10,13,16,19H,11-12H2,1-6H3. The van der Waals surface area contributed by atoms with Gasteiger partial charge >= 0.3 is 0 Å². The van der Waals surface area contributed by atoms with Crippen LogP contribution in [0.4, 0.5) is 0 Å². The zero-order valence-electron chi connectivity index (χ0n) is 13.7. The maximum atomic E-state index is 5.95. The molecular formula is C17H29ClN2. The molecule has 0 saturated heterocycles. The van der Waals surface area contributed by atoms with Gasteiger partial charge in [0.15, 0.2) is 0 Å². The third-order valence-corrected chi connectivity index (χ3v) is 4.56. The Morgan fingerprint density at radius 1 is 1.20 bits per heavy atom. The molecule has 0 amide bonds. The van der Waals surface area contributed by atoms with Gasteiger partial charge in [-0.3, -0.25) is 0 Å². The van der Waals surface area contributed by atoms with E-state index in [9.17, 15) is 0 Å². The lowest BCUT2D eigenvalue weighted by atomic mass is 9.87. The van der Waals surface area contributed by atoms with E-state index < -0.39 is 0 Å². The Labute approximate surface area is 129 Å². The van der Waals surface area contributed by atoms with Crippen molar-refractivity contribution < 1.29 is 0 Å². The Balaban J connectivity index is 2.60. The second-order valence-corrected chi connectivity index (χ2v) is 7.14. The molecule has 0 aliphatic heterocycles. The fraction of sp³-hybridized carbons (Fsp3) is 0.647. The average Bonchev–Trinajstić information content (AvgIpc) is 2.39. The van der Waals surface area contributed by atoms with Crippen LogP contribution < -0.4 is 5.32 Å². The molecule has 0 saturated carbocycles. The third-order valence-electron chi connectivity index (χ3n) is 4.31. The summed E-state index contributed by atoms with van der Waals surface area (Å²) in [5, 5.41) is 4.19. The maximum Gasteiger partial charge on any atom is 0.0406 e. The summed E-state index contributed by atoms with van der Waals surface area (Å²) in [6, 6.07) is 9.07. The normalized spacial score (nSPS) is 15.4. The van der Waals surface area contributed by atoms with Gasteiger partial charge in [-0.25, -0.2) is 0 Å². The fourth-order valence-corrected chi connectivity index (χ4v) is 2.49. The van der Waals surface area contributed by atoms with Crippen LogP contribution in [-0.2, 0) is 0 Å². The first kappa shape index (κ1) is 17.5. The predicted molar refractivity (Wildman–Crippen MR) is 89.4 cm³/mol. The zero-order valence-corrected chi connectivity index (χ0v) is 14.5. The fourth-order valence-electron chi connectivity index (χ4n) is 2.36. The van der Waals surface area contributed by atoms with Crippen molar-refractivity contribution in [2.24, 2.45) is 5.41 Å². The monoisotopic (exact) mass is 296 g/mol. The van der Waals surface area contributed by atoms with Gasteiger partial charge in [0, 0.05) is 17.1 Å². The van der Waals surface area contributed by atoms with Gasteiger partial charge in [0.05, 0.1) is 0 Å². The summed E-state index contributed by atoms with van der Waals surface area (Å²) in [7, 11) is 4.23. The van der Waals surface area contributed by atoms with Crippen LogP contribution in [0.15, 0.2) is 24.3 Å². The van der Waals surface area contributed by atoms with Gasteiger partial charge in [-0.1, -0.05) is 44.5 Å². The van der Waals surface area contributed by atoms with Gasteiger partial charge in [-0.2, -0.15) is 0 Å². The van der Waals surface area contributed by atoms with Gasteiger partial charge in [-0.15, -0.1) is 0 Å². The first-order valence-corrected chi connectivity index (χ1v) is 7.76. The number of halogens is 1. The van der Waals surface area contributed by atoms with Crippen molar-refractivity contribution in [3.63, 3.8) is 0 Å². The highest BCUT2D eigenvalue weighted by Crippen LogP contribution is 2.25. The summed E-state index contributed by atoms with van der Waals surface area (Å²) >= 11 is 5.95. The average molecular weight is 297 g/mol. The number of nitrogens with one attached hydrogen (secondary N) is 1. The smallest absolute Gasteiger partial charge is 0.0406 e. The van der Waals surface area contributed by atoms with Crippen molar-refractivity contribution in [1.82, 2.24) is 10.2 Å². The first-order chi connectivity index (χ1) is 9.25. The van der Waals surface area contributed by atoms with Gasteiger partial charge < -0.3 is 10.2 Å². The van der Waals surface area contributed by atoms with Crippen LogP contribution >= 0.6 is 11.6 Å². The molecule has 1 aromatic carbocycles. The summed E-state index contributed by atoms with van der Waals surface area (Å²) in [5.74, 6) is 0. The van der Waals surface area contributed by atoms with Crippen molar-refractivity contribution in [2.45, 2.75) is 46.2 Å². The minimum absolute atomic E-state index is 0.310. The van der Waals surface area contributed by atoms with Gasteiger partial charge in [0.25, 0.3) is 0 Å². The van der Waals surface area contributed by atoms with E-state index in [1.807, 2.05) is 19.2 Å². The minimum Gasteiger partial charge on any atom is -0.313 e. The Morgan fingerprint density at radius 3 is 2.20 bits per heavy atom. The summed E-state index contributed by atoms with van der Waals surface area (Å²) in [6.45, 7) is 10.3. The number of rotatable bonds is 6. The summed E-state index contributed by atoms with van der Waals surface area (Å²) in [6.07, 6.45) is 1.09. The molecule has 0 fully saturated rings. The highest BCUT2D eigenvalue weighted by Gasteiger charge is 2.24. The van der Waals surface area contributed by atoms with Crippen LogP contribution in [0, 0.1) is 5.41 Å². The van der Waals surface area contributed by atoms with Gasteiger partial charge in [0.1, 0.15) is 0 Å². The van der Waals surface area contributed by atoms with Crippen molar-refractivity contribution in [3.8, 4) is 0 Å². The molecule has 0 aliphatic rings. The molecule has 0 radical (unpaired) electrons. The Hall–Kier alpha value is -0.570. The largest absolute Gasteiger partial charge is 0.313 e. The molecule has 0 spiro atoms. The lowest BCUT2D eigenvalue weighted by Crippen LogP contribution is -2.40. The number of hydrogen-bond acceptors (Lipinski definition) is 2. The van der Waals surface area contributed by atoms with E-state index in [0.717, 1.165) is 18.0 Å². The molecule has 2 unspecified atom stereocenters. The SMILES string of the molecule is CNC(CCN(C)C(C)C(C)(C)C)c1ccc(Cl)cc1. The minimum atomic E-state index is 0.310. The van der Waals surface area contributed by atoms with Crippen LogP contribution in [0.5, 0.6) is 0 Å². The topological polar surface area (TPSA) is 15.3 Å². The summed E-state index contributed by atoms with van der Waals surface area (Å²) in [5.41, 5.74) is 1.61. The van der Waals surface area contributed by atoms with Gasteiger partial charge in [-0.05, 0) is 57.1 Å².